The van der Waals surface area contributed by atoms with E-state index in [4.69, 9.17) is 11.6 Å². The van der Waals surface area contributed by atoms with Gasteiger partial charge in [0, 0.05) is 21.0 Å². The summed E-state index contributed by atoms with van der Waals surface area (Å²) in [6.07, 6.45) is 0. The van der Waals surface area contributed by atoms with Gasteiger partial charge in [-0.15, -0.1) is 11.3 Å². The topological polar surface area (TPSA) is 25.8 Å². The van der Waals surface area contributed by atoms with Crippen LogP contribution in [0.15, 0.2) is 34.1 Å². The van der Waals surface area contributed by atoms with Gasteiger partial charge in [-0.3, -0.25) is 0 Å². The third-order valence-electron chi connectivity index (χ3n) is 2.70. The minimum atomic E-state index is 0.452. The van der Waals surface area contributed by atoms with Crippen molar-refractivity contribution in [2.24, 2.45) is 0 Å². The molecule has 0 saturated carbocycles. The molecule has 0 radical (unpaired) electrons. The summed E-state index contributed by atoms with van der Waals surface area (Å²) in [6.45, 7) is 1.91. The predicted molar refractivity (Wildman–Crippen MR) is 80.3 cm³/mol. The van der Waals surface area contributed by atoms with Gasteiger partial charge in [0.2, 0.25) is 0 Å². The highest BCUT2D eigenvalue weighted by atomic mass is 79.9. The first kappa shape index (κ1) is 12.1. The Hall–Kier alpha value is -0.970. The van der Waals surface area contributed by atoms with Crippen molar-refractivity contribution in [2.75, 3.05) is 0 Å². The summed E-state index contributed by atoms with van der Waals surface area (Å²) in [5, 5.41) is 3.69. The predicted octanol–water partition coefficient (Wildman–Crippen LogP) is 5.08. The highest BCUT2D eigenvalue weighted by molar-refractivity contribution is 9.10. The van der Waals surface area contributed by atoms with Crippen LogP contribution < -0.4 is 0 Å². The van der Waals surface area contributed by atoms with Gasteiger partial charge in [-0.1, -0.05) is 29.8 Å². The van der Waals surface area contributed by atoms with Crippen LogP contribution in [0.2, 0.25) is 5.15 Å². The number of hydrogen-bond acceptors (Lipinski definition) is 3. The van der Waals surface area contributed by atoms with E-state index in [1.165, 1.54) is 10.1 Å². The number of hydrogen-bond donors (Lipinski definition) is 0. The Morgan fingerprint density at radius 3 is 2.78 bits per heavy atom. The summed E-state index contributed by atoms with van der Waals surface area (Å²) in [7, 11) is 0. The van der Waals surface area contributed by atoms with Gasteiger partial charge in [0.25, 0.3) is 0 Å². The zero-order chi connectivity index (χ0) is 12.7. The SMILES string of the molecule is Cc1nc(-c2csc3ccccc23)nc(Cl)c1Br. The lowest BCUT2D eigenvalue weighted by atomic mass is 10.1. The molecule has 0 fully saturated rings. The van der Waals surface area contributed by atoms with Crippen LogP contribution in [0, 0.1) is 6.92 Å². The number of aryl methyl sites for hydroxylation is 1. The van der Waals surface area contributed by atoms with E-state index in [1.54, 1.807) is 11.3 Å². The molecule has 2 heterocycles. The Labute approximate surface area is 122 Å². The third-order valence-corrected chi connectivity index (χ3v) is 5.11. The maximum absolute atomic E-state index is 6.09. The number of benzene rings is 1. The van der Waals surface area contributed by atoms with Crippen molar-refractivity contribution < 1.29 is 0 Å². The minimum Gasteiger partial charge on any atom is -0.232 e. The fraction of sp³-hybridized carbons (Fsp3) is 0.0769. The third kappa shape index (κ3) is 1.94. The standard InChI is InChI=1S/C13H8BrClN2S/c1-7-11(14)12(15)17-13(16-7)9-6-18-10-5-3-2-4-8(9)10/h2-6H,1H3. The van der Waals surface area contributed by atoms with Crippen molar-refractivity contribution >= 4 is 49.0 Å². The summed E-state index contributed by atoms with van der Waals surface area (Å²) in [5.74, 6) is 0.679. The van der Waals surface area contributed by atoms with Gasteiger partial charge in [-0.05, 0) is 28.9 Å². The summed E-state index contributed by atoms with van der Waals surface area (Å²) >= 11 is 11.2. The van der Waals surface area contributed by atoms with Gasteiger partial charge in [0.15, 0.2) is 5.82 Å². The average Bonchev–Trinajstić information content (AvgIpc) is 2.79. The van der Waals surface area contributed by atoms with Crippen molar-refractivity contribution in [3.05, 3.63) is 45.0 Å². The molecule has 3 rings (SSSR count). The second kappa shape index (κ2) is 4.61. The zero-order valence-electron chi connectivity index (χ0n) is 9.45. The number of halogens is 2. The lowest BCUT2D eigenvalue weighted by molar-refractivity contribution is 1.10. The molecule has 5 heteroatoms. The van der Waals surface area contributed by atoms with E-state index in [9.17, 15) is 0 Å². The van der Waals surface area contributed by atoms with E-state index in [0.717, 1.165) is 15.7 Å². The molecule has 3 aromatic rings. The summed E-state index contributed by atoms with van der Waals surface area (Å²) in [5.41, 5.74) is 1.88. The van der Waals surface area contributed by atoms with Gasteiger partial charge >= 0.3 is 0 Å². The Balaban J connectivity index is 2.26. The molecule has 0 bridgehead atoms. The first-order valence-electron chi connectivity index (χ1n) is 5.33. The molecule has 90 valence electrons. The average molecular weight is 340 g/mol. The van der Waals surface area contributed by atoms with Crippen molar-refractivity contribution in [1.29, 1.82) is 0 Å². The summed E-state index contributed by atoms with van der Waals surface area (Å²) < 4.78 is 1.99. The number of nitrogens with zero attached hydrogens (tertiary/aromatic N) is 2. The molecule has 0 aliphatic carbocycles. The number of thiophene rings is 1. The molecule has 0 aliphatic heterocycles. The second-order valence-electron chi connectivity index (χ2n) is 3.88. The Bertz CT molecular complexity index is 716. The molecule has 18 heavy (non-hydrogen) atoms. The van der Waals surface area contributed by atoms with Crippen LogP contribution in [0.3, 0.4) is 0 Å². The lowest BCUT2D eigenvalue weighted by Gasteiger charge is -2.04. The largest absolute Gasteiger partial charge is 0.232 e. The van der Waals surface area contributed by atoms with Crippen LogP contribution >= 0.6 is 38.9 Å². The smallest absolute Gasteiger partial charge is 0.162 e. The van der Waals surface area contributed by atoms with E-state index in [-0.39, 0.29) is 0 Å². The van der Waals surface area contributed by atoms with Crippen LogP contribution in [-0.4, -0.2) is 9.97 Å². The monoisotopic (exact) mass is 338 g/mol. The Kier molecular flexibility index (Phi) is 3.09. The molecule has 0 amide bonds. The molecule has 2 nitrogen and oxygen atoms in total. The van der Waals surface area contributed by atoms with E-state index in [1.807, 2.05) is 19.1 Å². The van der Waals surface area contributed by atoms with Crippen LogP contribution in [0.1, 0.15) is 5.69 Å². The fourth-order valence-corrected chi connectivity index (χ4v) is 3.13. The molecule has 0 N–H and O–H groups in total. The van der Waals surface area contributed by atoms with E-state index in [0.29, 0.717) is 11.0 Å². The molecular formula is C13H8BrClN2S. The van der Waals surface area contributed by atoms with Gasteiger partial charge in [-0.2, -0.15) is 0 Å². The van der Waals surface area contributed by atoms with Gasteiger partial charge in [-0.25, -0.2) is 9.97 Å². The van der Waals surface area contributed by atoms with Crippen molar-refractivity contribution in [1.82, 2.24) is 9.97 Å². The van der Waals surface area contributed by atoms with Gasteiger partial charge in [0.1, 0.15) is 5.15 Å². The molecule has 1 aromatic carbocycles. The van der Waals surface area contributed by atoms with Crippen LogP contribution in [0.25, 0.3) is 21.5 Å². The fourth-order valence-electron chi connectivity index (χ4n) is 1.80. The van der Waals surface area contributed by atoms with E-state index in [2.05, 4.69) is 43.4 Å². The maximum atomic E-state index is 6.09. The second-order valence-corrected chi connectivity index (χ2v) is 5.95. The zero-order valence-corrected chi connectivity index (χ0v) is 12.6. The van der Waals surface area contributed by atoms with Crippen LogP contribution in [0.5, 0.6) is 0 Å². The van der Waals surface area contributed by atoms with Crippen molar-refractivity contribution in [3.63, 3.8) is 0 Å². The van der Waals surface area contributed by atoms with Crippen LogP contribution in [-0.2, 0) is 0 Å². The van der Waals surface area contributed by atoms with Gasteiger partial charge < -0.3 is 0 Å². The Morgan fingerprint density at radius 1 is 1.22 bits per heavy atom. The molecule has 0 aliphatic rings. The van der Waals surface area contributed by atoms with Crippen molar-refractivity contribution in [2.45, 2.75) is 6.92 Å². The molecule has 0 unspecified atom stereocenters. The van der Waals surface area contributed by atoms with E-state index >= 15 is 0 Å². The molecule has 0 saturated heterocycles. The Morgan fingerprint density at radius 2 is 2.00 bits per heavy atom. The summed E-state index contributed by atoms with van der Waals surface area (Å²) in [6, 6.07) is 8.22. The molecule has 0 atom stereocenters. The first-order chi connectivity index (χ1) is 8.66. The molecule has 0 spiro atoms. The number of aromatic nitrogens is 2. The number of fused-ring (bicyclic) bond motifs is 1. The lowest BCUT2D eigenvalue weighted by Crippen LogP contribution is -1.93. The highest BCUT2D eigenvalue weighted by Gasteiger charge is 2.12. The normalized spacial score (nSPS) is 11.1. The molecular weight excluding hydrogens is 332 g/mol. The minimum absolute atomic E-state index is 0.452. The van der Waals surface area contributed by atoms with Crippen LogP contribution in [0.4, 0.5) is 0 Å². The number of rotatable bonds is 1. The molecule has 2 aromatic heterocycles. The first-order valence-corrected chi connectivity index (χ1v) is 7.38. The quantitative estimate of drug-likeness (QED) is 0.578. The maximum Gasteiger partial charge on any atom is 0.162 e. The van der Waals surface area contributed by atoms with E-state index < -0.39 is 0 Å². The highest BCUT2D eigenvalue weighted by Crippen LogP contribution is 2.34. The van der Waals surface area contributed by atoms with Gasteiger partial charge in [0.05, 0.1) is 10.2 Å². The summed E-state index contributed by atoms with van der Waals surface area (Å²) in [4.78, 5) is 8.83. The van der Waals surface area contributed by atoms with Crippen molar-refractivity contribution in [3.8, 4) is 11.4 Å².